The molecule has 0 aromatic rings. The minimum Gasteiger partial charge on any atom is -0.480 e. The van der Waals surface area contributed by atoms with Gasteiger partial charge in [0.1, 0.15) is 0 Å². The van der Waals surface area contributed by atoms with Crippen LogP contribution in [0.1, 0.15) is 34.6 Å². The monoisotopic (exact) mass is 253 g/mol. The fourth-order valence-electron chi connectivity index (χ4n) is 0.702. The lowest BCUT2D eigenvalue weighted by atomic mass is 9.87. The van der Waals surface area contributed by atoms with E-state index in [2.05, 4.69) is 4.72 Å². The van der Waals surface area contributed by atoms with E-state index in [-0.39, 0.29) is 0 Å². The molecule has 3 N–H and O–H groups in total. The summed E-state index contributed by atoms with van der Waals surface area (Å²) in [4.78, 5) is 10.6. The Morgan fingerprint density at radius 3 is 1.88 bits per heavy atom. The van der Waals surface area contributed by atoms with Gasteiger partial charge in [0, 0.05) is 0 Å². The second-order valence-corrected chi connectivity index (χ2v) is 6.81. The molecule has 0 saturated heterocycles. The van der Waals surface area contributed by atoms with Crippen molar-refractivity contribution in [3.63, 3.8) is 0 Å². The van der Waals surface area contributed by atoms with Gasteiger partial charge in [-0.3, -0.25) is 4.79 Å². The number of carboxylic acid groups (broad SMARTS) is 1. The number of sulfonamides is 1. The largest absolute Gasteiger partial charge is 0.480 e. The van der Waals surface area contributed by atoms with Gasteiger partial charge < -0.3 is 10.2 Å². The third kappa shape index (κ3) is 3.43. The van der Waals surface area contributed by atoms with Crippen molar-refractivity contribution < 1.29 is 23.4 Å². The molecular formula is C9H19NO5S. The third-order valence-corrected chi connectivity index (χ3v) is 4.67. The molecule has 0 bridgehead atoms. The number of carbonyl (C=O) groups is 1. The maximum Gasteiger partial charge on any atom is 0.323 e. The number of aliphatic hydroxyl groups is 1. The van der Waals surface area contributed by atoms with E-state index in [0.29, 0.717) is 0 Å². The second-order valence-electron chi connectivity index (χ2n) is 4.81. The fraction of sp³-hybridized carbons (Fsp3) is 0.889. The lowest BCUT2D eigenvalue weighted by molar-refractivity contribution is -0.136. The van der Waals surface area contributed by atoms with E-state index in [4.69, 9.17) is 5.11 Å². The van der Waals surface area contributed by atoms with E-state index >= 15 is 0 Å². The molecule has 0 aromatic heterocycles. The van der Waals surface area contributed by atoms with E-state index in [1.807, 2.05) is 0 Å². The number of rotatable bonds is 5. The average molecular weight is 253 g/mol. The van der Waals surface area contributed by atoms with Gasteiger partial charge in [-0.15, -0.1) is 0 Å². The Morgan fingerprint density at radius 1 is 1.25 bits per heavy atom. The maximum atomic E-state index is 11.6. The summed E-state index contributed by atoms with van der Waals surface area (Å²) in [6.45, 7) is 6.94. The predicted octanol–water partition coefficient (Wildman–Crippen LogP) is -0.0716. The summed E-state index contributed by atoms with van der Waals surface area (Å²) in [5, 5.41) is 16.8. The summed E-state index contributed by atoms with van der Waals surface area (Å²) in [6.07, 6.45) is 0. The standard InChI is InChI=1S/C9H19NO5S/c1-6(7(11)12)16(14,15)10-8(2,3)9(4,5)13/h6,10,13H,1-5H3,(H,11,12). The molecule has 96 valence electrons. The Hall–Kier alpha value is -0.660. The molecule has 0 aliphatic carbocycles. The van der Waals surface area contributed by atoms with Gasteiger partial charge in [-0.25, -0.2) is 13.1 Å². The highest BCUT2D eigenvalue weighted by Gasteiger charge is 2.41. The second kappa shape index (κ2) is 4.31. The molecule has 1 atom stereocenters. The minimum absolute atomic E-state index is 1.07. The lowest BCUT2D eigenvalue weighted by Crippen LogP contribution is -2.59. The zero-order valence-electron chi connectivity index (χ0n) is 10.1. The molecular weight excluding hydrogens is 234 g/mol. The van der Waals surface area contributed by atoms with Crippen LogP contribution in [-0.2, 0) is 14.8 Å². The molecule has 0 spiro atoms. The van der Waals surface area contributed by atoms with Gasteiger partial charge >= 0.3 is 5.97 Å². The molecule has 16 heavy (non-hydrogen) atoms. The number of aliphatic carboxylic acids is 1. The van der Waals surface area contributed by atoms with Gasteiger partial charge in [-0.05, 0) is 34.6 Å². The Labute approximate surface area is 95.7 Å². The smallest absolute Gasteiger partial charge is 0.323 e. The van der Waals surface area contributed by atoms with Crippen molar-refractivity contribution in [3.05, 3.63) is 0 Å². The first-order chi connectivity index (χ1) is 6.81. The summed E-state index contributed by atoms with van der Waals surface area (Å²) in [5.41, 5.74) is -2.46. The molecule has 0 saturated carbocycles. The van der Waals surface area contributed by atoms with Crippen molar-refractivity contribution in [2.45, 2.75) is 51.0 Å². The minimum atomic E-state index is -4.01. The zero-order valence-corrected chi connectivity index (χ0v) is 10.9. The highest BCUT2D eigenvalue weighted by Crippen LogP contribution is 2.22. The zero-order chi connectivity index (χ0) is 13.4. The van der Waals surface area contributed by atoms with Crippen LogP contribution in [0.3, 0.4) is 0 Å². The highest BCUT2D eigenvalue weighted by atomic mass is 32.2. The van der Waals surface area contributed by atoms with E-state index in [0.717, 1.165) is 6.92 Å². The Kier molecular flexibility index (Phi) is 4.13. The highest BCUT2D eigenvalue weighted by molar-refractivity contribution is 7.90. The average Bonchev–Trinajstić information content (AvgIpc) is 1.98. The Morgan fingerprint density at radius 2 is 1.62 bits per heavy atom. The normalized spacial score (nSPS) is 15.9. The summed E-state index contributed by atoms with van der Waals surface area (Å²) < 4.78 is 25.5. The van der Waals surface area contributed by atoms with Crippen LogP contribution in [0.25, 0.3) is 0 Å². The number of nitrogens with one attached hydrogen (secondary N) is 1. The van der Waals surface area contributed by atoms with Crippen molar-refractivity contribution in [1.82, 2.24) is 4.72 Å². The summed E-state index contributed by atoms with van der Waals surface area (Å²) >= 11 is 0. The van der Waals surface area contributed by atoms with Crippen molar-refractivity contribution in [2.24, 2.45) is 0 Å². The fourth-order valence-corrected chi connectivity index (χ4v) is 2.10. The van der Waals surface area contributed by atoms with E-state index in [9.17, 15) is 18.3 Å². The molecule has 0 aliphatic heterocycles. The SMILES string of the molecule is CC(C(=O)O)S(=O)(=O)NC(C)(C)C(C)(C)O. The summed E-state index contributed by atoms with van der Waals surface area (Å²) in [7, 11) is -4.01. The van der Waals surface area contributed by atoms with Crippen molar-refractivity contribution in [1.29, 1.82) is 0 Å². The van der Waals surface area contributed by atoms with Gasteiger partial charge in [0.25, 0.3) is 0 Å². The van der Waals surface area contributed by atoms with Crippen LogP contribution < -0.4 is 4.72 Å². The molecule has 1 unspecified atom stereocenters. The molecule has 0 aromatic carbocycles. The van der Waals surface area contributed by atoms with E-state index < -0.39 is 32.4 Å². The van der Waals surface area contributed by atoms with Gasteiger partial charge in [0.2, 0.25) is 10.0 Å². The maximum absolute atomic E-state index is 11.6. The molecule has 0 aliphatic rings. The van der Waals surface area contributed by atoms with Crippen molar-refractivity contribution in [3.8, 4) is 0 Å². The van der Waals surface area contributed by atoms with E-state index in [1.54, 1.807) is 0 Å². The number of hydrogen-bond donors (Lipinski definition) is 3. The third-order valence-electron chi connectivity index (χ3n) is 2.74. The van der Waals surface area contributed by atoms with Gasteiger partial charge in [-0.2, -0.15) is 0 Å². The molecule has 0 fully saturated rings. The van der Waals surface area contributed by atoms with Crippen molar-refractivity contribution >= 4 is 16.0 Å². The topological polar surface area (TPSA) is 104 Å². The molecule has 0 amide bonds. The summed E-state index contributed by atoms with van der Waals surface area (Å²) in [6, 6.07) is 0. The predicted molar refractivity (Wildman–Crippen MR) is 59.5 cm³/mol. The first kappa shape index (κ1) is 15.3. The molecule has 0 heterocycles. The van der Waals surface area contributed by atoms with Gasteiger partial charge in [-0.1, -0.05) is 0 Å². The molecule has 7 heteroatoms. The summed E-state index contributed by atoms with van der Waals surface area (Å²) in [5.74, 6) is -1.43. The lowest BCUT2D eigenvalue weighted by Gasteiger charge is -2.37. The van der Waals surface area contributed by atoms with Crippen LogP contribution in [0, 0.1) is 0 Å². The molecule has 0 radical (unpaired) electrons. The quantitative estimate of drug-likeness (QED) is 0.636. The van der Waals surface area contributed by atoms with Crippen LogP contribution in [0.5, 0.6) is 0 Å². The molecule has 6 nitrogen and oxygen atoms in total. The van der Waals surface area contributed by atoms with Crippen LogP contribution in [0.2, 0.25) is 0 Å². The number of hydrogen-bond acceptors (Lipinski definition) is 4. The van der Waals surface area contributed by atoms with Crippen LogP contribution >= 0.6 is 0 Å². The van der Waals surface area contributed by atoms with Crippen LogP contribution in [-0.4, -0.2) is 41.0 Å². The first-order valence-corrected chi connectivity index (χ1v) is 6.34. The number of carboxylic acids is 1. The molecule has 0 rings (SSSR count). The van der Waals surface area contributed by atoms with Crippen LogP contribution in [0.4, 0.5) is 0 Å². The Balaban J connectivity index is 5.08. The van der Waals surface area contributed by atoms with Crippen LogP contribution in [0.15, 0.2) is 0 Å². The van der Waals surface area contributed by atoms with E-state index in [1.165, 1.54) is 27.7 Å². The van der Waals surface area contributed by atoms with Crippen molar-refractivity contribution in [2.75, 3.05) is 0 Å². The first-order valence-electron chi connectivity index (χ1n) is 4.79. The Bertz CT molecular complexity index is 366. The van der Waals surface area contributed by atoms with Gasteiger partial charge in [0.05, 0.1) is 11.1 Å². The van der Waals surface area contributed by atoms with Gasteiger partial charge in [0.15, 0.2) is 5.25 Å².